The highest BCUT2D eigenvalue weighted by Crippen LogP contribution is 2.17. The van der Waals surface area contributed by atoms with Crippen LogP contribution < -0.4 is 10.6 Å². The van der Waals surface area contributed by atoms with Gasteiger partial charge in [-0.1, -0.05) is 25.1 Å². The molecule has 136 valence electrons. The van der Waals surface area contributed by atoms with Crippen LogP contribution in [0.2, 0.25) is 0 Å². The number of nitrogens with one attached hydrogen (secondary N) is 2. The van der Waals surface area contributed by atoms with E-state index in [4.69, 9.17) is 0 Å². The second-order valence-corrected chi connectivity index (χ2v) is 6.44. The quantitative estimate of drug-likeness (QED) is 0.820. The van der Waals surface area contributed by atoms with Gasteiger partial charge in [0, 0.05) is 31.1 Å². The van der Waals surface area contributed by atoms with Gasteiger partial charge in [0.2, 0.25) is 11.8 Å². The lowest BCUT2D eigenvalue weighted by Crippen LogP contribution is -2.46. The van der Waals surface area contributed by atoms with E-state index in [1.54, 1.807) is 17.0 Å². The Morgan fingerprint density at radius 3 is 2.44 bits per heavy atom. The number of carbonyl (C=O) groups excluding carboxylic acids is 3. The van der Waals surface area contributed by atoms with Crippen molar-refractivity contribution in [1.82, 2.24) is 15.5 Å². The largest absolute Gasteiger partial charge is 0.356 e. The molecule has 0 unspecified atom stereocenters. The van der Waals surface area contributed by atoms with Crippen LogP contribution in [-0.2, 0) is 9.59 Å². The summed E-state index contributed by atoms with van der Waals surface area (Å²) in [6.45, 7) is 5.69. The number of carbonyl (C=O) groups is 3. The van der Waals surface area contributed by atoms with E-state index in [1.807, 2.05) is 26.0 Å². The molecule has 1 heterocycles. The number of likely N-dealkylation sites (tertiary alicyclic amines) is 1. The van der Waals surface area contributed by atoms with E-state index in [0.717, 1.165) is 12.0 Å². The van der Waals surface area contributed by atoms with Gasteiger partial charge < -0.3 is 15.5 Å². The van der Waals surface area contributed by atoms with Crippen LogP contribution in [0.15, 0.2) is 24.3 Å². The van der Waals surface area contributed by atoms with E-state index in [-0.39, 0.29) is 30.2 Å². The summed E-state index contributed by atoms with van der Waals surface area (Å²) in [6.07, 6.45) is 2.27. The fourth-order valence-corrected chi connectivity index (χ4v) is 2.97. The van der Waals surface area contributed by atoms with Gasteiger partial charge in [0.05, 0.1) is 6.54 Å². The first-order valence-electron chi connectivity index (χ1n) is 8.92. The highest BCUT2D eigenvalue weighted by atomic mass is 16.2. The van der Waals surface area contributed by atoms with Crippen LogP contribution >= 0.6 is 0 Å². The van der Waals surface area contributed by atoms with Gasteiger partial charge in [-0.15, -0.1) is 0 Å². The van der Waals surface area contributed by atoms with E-state index in [9.17, 15) is 14.4 Å². The maximum atomic E-state index is 12.3. The van der Waals surface area contributed by atoms with Crippen molar-refractivity contribution in [3.8, 4) is 0 Å². The zero-order valence-corrected chi connectivity index (χ0v) is 15.0. The molecule has 3 amide bonds. The van der Waals surface area contributed by atoms with Gasteiger partial charge in [-0.25, -0.2) is 0 Å². The third-order valence-electron chi connectivity index (χ3n) is 4.56. The standard InChI is InChI=1S/C19H27N3O3/c1-3-10-20-18(24)15-8-11-22(12-9-15)17(23)13-21-19(25)16-7-5-4-6-14(16)2/h4-7,15H,3,8-13H2,1-2H3,(H,20,24)(H,21,25). The smallest absolute Gasteiger partial charge is 0.251 e. The summed E-state index contributed by atoms with van der Waals surface area (Å²) < 4.78 is 0. The minimum atomic E-state index is -0.236. The highest BCUT2D eigenvalue weighted by Gasteiger charge is 2.27. The third kappa shape index (κ3) is 5.31. The molecule has 1 aromatic carbocycles. The molecule has 0 radical (unpaired) electrons. The number of amides is 3. The lowest BCUT2D eigenvalue weighted by molar-refractivity contribution is -0.134. The van der Waals surface area contributed by atoms with Crippen LogP contribution in [0, 0.1) is 12.8 Å². The van der Waals surface area contributed by atoms with E-state index < -0.39 is 0 Å². The normalized spacial score (nSPS) is 14.9. The van der Waals surface area contributed by atoms with E-state index in [2.05, 4.69) is 10.6 Å². The van der Waals surface area contributed by atoms with Crippen molar-refractivity contribution in [2.45, 2.75) is 33.1 Å². The van der Waals surface area contributed by atoms with Crippen molar-refractivity contribution in [3.63, 3.8) is 0 Å². The summed E-state index contributed by atoms with van der Waals surface area (Å²) >= 11 is 0. The SMILES string of the molecule is CCCNC(=O)C1CCN(C(=O)CNC(=O)c2ccccc2C)CC1. The number of hydrogen-bond acceptors (Lipinski definition) is 3. The average Bonchev–Trinajstić information content (AvgIpc) is 2.64. The molecule has 1 aromatic rings. The van der Waals surface area contributed by atoms with Crippen LogP contribution in [0.25, 0.3) is 0 Å². The van der Waals surface area contributed by atoms with Crippen molar-refractivity contribution in [2.75, 3.05) is 26.2 Å². The second kappa shape index (κ2) is 9.20. The molecule has 0 atom stereocenters. The monoisotopic (exact) mass is 345 g/mol. The molecule has 0 bridgehead atoms. The van der Waals surface area contributed by atoms with Crippen LogP contribution in [0.4, 0.5) is 0 Å². The summed E-state index contributed by atoms with van der Waals surface area (Å²) in [5.74, 6) is -0.270. The molecule has 0 spiro atoms. The summed E-state index contributed by atoms with van der Waals surface area (Å²) in [5.41, 5.74) is 1.47. The summed E-state index contributed by atoms with van der Waals surface area (Å²) in [5, 5.41) is 5.60. The Morgan fingerprint density at radius 2 is 1.80 bits per heavy atom. The number of nitrogens with zero attached hydrogens (tertiary/aromatic N) is 1. The first kappa shape index (κ1) is 19.0. The predicted octanol–water partition coefficient (Wildman–Crippen LogP) is 1.49. The molecule has 1 fully saturated rings. The fourth-order valence-electron chi connectivity index (χ4n) is 2.97. The molecule has 1 aliphatic heterocycles. The summed E-state index contributed by atoms with van der Waals surface area (Å²) in [6, 6.07) is 7.29. The van der Waals surface area contributed by atoms with Crippen LogP contribution in [0.3, 0.4) is 0 Å². The second-order valence-electron chi connectivity index (χ2n) is 6.44. The molecule has 0 aromatic heterocycles. The molecule has 1 aliphatic rings. The maximum absolute atomic E-state index is 12.3. The van der Waals surface area contributed by atoms with Gasteiger partial charge in [-0.2, -0.15) is 0 Å². The Kier molecular flexibility index (Phi) is 6.98. The van der Waals surface area contributed by atoms with Gasteiger partial charge in [0.15, 0.2) is 0 Å². The Morgan fingerprint density at radius 1 is 1.12 bits per heavy atom. The molecular weight excluding hydrogens is 318 g/mol. The number of benzene rings is 1. The molecule has 2 rings (SSSR count). The Labute approximate surface area is 149 Å². The van der Waals surface area contributed by atoms with Crippen molar-refractivity contribution in [2.24, 2.45) is 5.92 Å². The van der Waals surface area contributed by atoms with Crippen LogP contribution in [-0.4, -0.2) is 48.8 Å². The number of rotatable bonds is 6. The Bertz CT molecular complexity index is 622. The van der Waals surface area contributed by atoms with Crippen molar-refractivity contribution < 1.29 is 14.4 Å². The van der Waals surface area contributed by atoms with Crippen molar-refractivity contribution >= 4 is 17.7 Å². The zero-order chi connectivity index (χ0) is 18.2. The van der Waals surface area contributed by atoms with E-state index in [0.29, 0.717) is 38.0 Å². The minimum Gasteiger partial charge on any atom is -0.356 e. The number of hydrogen-bond donors (Lipinski definition) is 2. The minimum absolute atomic E-state index is 0.0140. The molecule has 0 saturated carbocycles. The summed E-state index contributed by atoms with van der Waals surface area (Å²) in [4.78, 5) is 38.1. The third-order valence-corrected chi connectivity index (χ3v) is 4.56. The number of piperidine rings is 1. The Balaban J connectivity index is 1.76. The van der Waals surface area contributed by atoms with Gasteiger partial charge in [-0.05, 0) is 37.8 Å². The summed E-state index contributed by atoms with van der Waals surface area (Å²) in [7, 11) is 0. The Hall–Kier alpha value is -2.37. The van der Waals surface area contributed by atoms with Gasteiger partial charge in [0.1, 0.15) is 0 Å². The molecule has 1 saturated heterocycles. The highest BCUT2D eigenvalue weighted by molar-refractivity contribution is 5.97. The average molecular weight is 345 g/mol. The molecule has 2 N–H and O–H groups in total. The van der Waals surface area contributed by atoms with Crippen molar-refractivity contribution in [3.05, 3.63) is 35.4 Å². The van der Waals surface area contributed by atoms with Gasteiger partial charge in [0.25, 0.3) is 5.91 Å². The first-order chi connectivity index (χ1) is 12.0. The number of aryl methyl sites for hydroxylation is 1. The topological polar surface area (TPSA) is 78.5 Å². The molecule has 6 nitrogen and oxygen atoms in total. The van der Waals surface area contributed by atoms with Gasteiger partial charge >= 0.3 is 0 Å². The van der Waals surface area contributed by atoms with Gasteiger partial charge in [-0.3, -0.25) is 14.4 Å². The van der Waals surface area contributed by atoms with Crippen LogP contribution in [0.1, 0.15) is 42.1 Å². The molecular formula is C19H27N3O3. The van der Waals surface area contributed by atoms with Crippen molar-refractivity contribution in [1.29, 1.82) is 0 Å². The fraction of sp³-hybridized carbons (Fsp3) is 0.526. The molecule has 6 heteroatoms. The molecule has 0 aliphatic carbocycles. The van der Waals surface area contributed by atoms with E-state index in [1.165, 1.54) is 0 Å². The first-order valence-corrected chi connectivity index (χ1v) is 8.92. The van der Waals surface area contributed by atoms with Crippen LogP contribution in [0.5, 0.6) is 0 Å². The zero-order valence-electron chi connectivity index (χ0n) is 15.0. The lowest BCUT2D eigenvalue weighted by atomic mass is 9.96. The maximum Gasteiger partial charge on any atom is 0.251 e. The predicted molar refractivity (Wildman–Crippen MR) is 96.1 cm³/mol. The molecule has 25 heavy (non-hydrogen) atoms. The van der Waals surface area contributed by atoms with E-state index >= 15 is 0 Å². The lowest BCUT2D eigenvalue weighted by Gasteiger charge is -2.31.